The summed E-state index contributed by atoms with van der Waals surface area (Å²) >= 11 is 1.41. The first-order chi connectivity index (χ1) is 12.7. The van der Waals surface area contributed by atoms with E-state index in [1.54, 1.807) is 11.9 Å². The molecule has 2 amide bonds. The standard InChI is InChI=1S/C19H17N3O3S/c1-22(10-13-7-8-16-17(9-13)25-12-24-16)19(23)21-18-20-15(11-26-18)14-5-3-2-4-6-14/h2-9,11H,10,12H2,1H3,(H,20,21,23). The van der Waals surface area contributed by atoms with Crippen molar-refractivity contribution in [3.8, 4) is 22.8 Å². The third-order valence-electron chi connectivity index (χ3n) is 3.99. The molecule has 1 aliphatic rings. The Balaban J connectivity index is 1.39. The lowest BCUT2D eigenvalue weighted by Crippen LogP contribution is -2.30. The number of urea groups is 1. The van der Waals surface area contributed by atoms with Crippen molar-refractivity contribution in [2.24, 2.45) is 0 Å². The zero-order chi connectivity index (χ0) is 17.9. The van der Waals surface area contributed by atoms with Gasteiger partial charge in [0.1, 0.15) is 0 Å². The lowest BCUT2D eigenvalue weighted by atomic mass is 10.2. The number of thiazole rings is 1. The van der Waals surface area contributed by atoms with Crippen LogP contribution in [0.5, 0.6) is 11.5 Å². The Labute approximate surface area is 155 Å². The minimum atomic E-state index is -0.211. The van der Waals surface area contributed by atoms with Crippen LogP contribution in [0.4, 0.5) is 9.93 Å². The zero-order valence-electron chi connectivity index (χ0n) is 14.1. The van der Waals surface area contributed by atoms with Crippen molar-refractivity contribution >= 4 is 22.5 Å². The van der Waals surface area contributed by atoms with Gasteiger partial charge in [-0.25, -0.2) is 9.78 Å². The molecule has 1 N–H and O–H groups in total. The Hall–Kier alpha value is -3.06. The second kappa shape index (κ2) is 7.05. The number of hydrogen-bond acceptors (Lipinski definition) is 5. The highest BCUT2D eigenvalue weighted by Crippen LogP contribution is 2.32. The molecule has 6 nitrogen and oxygen atoms in total. The number of nitrogens with zero attached hydrogens (tertiary/aromatic N) is 2. The van der Waals surface area contributed by atoms with Crippen LogP contribution < -0.4 is 14.8 Å². The fourth-order valence-electron chi connectivity index (χ4n) is 2.64. The molecule has 4 rings (SSSR count). The minimum Gasteiger partial charge on any atom is -0.454 e. The number of anilines is 1. The maximum atomic E-state index is 12.4. The van der Waals surface area contributed by atoms with Gasteiger partial charge in [-0.15, -0.1) is 11.3 Å². The topological polar surface area (TPSA) is 63.7 Å². The Bertz CT molecular complexity index is 927. The normalized spacial score (nSPS) is 12.0. The number of hydrogen-bond donors (Lipinski definition) is 1. The van der Waals surface area contributed by atoms with E-state index in [1.807, 2.05) is 53.9 Å². The first-order valence-corrected chi connectivity index (χ1v) is 8.98. The fourth-order valence-corrected chi connectivity index (χ4v) is 3.35. The number of nitrogens with one attached hydrogen (secondary N) is 1. The third-order valence-corrected chi connectivity index (χ3v) is 4.75. The molecule has 0 radical (unpaired) electrons. The number of aromatic nitrogens is 1. The van der Waals surface area contributed by atoms with Crippen molar-refractivity contribution in [3.63, 3.8) is 0 Å². The van der Waals surface area contributed by atoms with Crippen LogP contribution in [0.3, 0.4) is 0 Å². The van der Waals surface area contributed by atoms with Crippen LogP contribution in [0, 0.1) is 0 Å². The molecule has 2 aromatic carbocycles. The van der Waals surface area contributed by atoms with Gasteiger partial charge in [-0.05, 0) is 17.7 Å². The summed E-state index contributed by atoms with van der Waals surface area (Å²) < 4.78 is 10.7. The number of fused-ring (bicyclic) bond motifs is 1. The quantitative estimate of drug-likeness (QED) is 0.750. The predicted molar refractivity (Wildman–Crippen MR) is 101 cm³/mol. The summed E-state index contributed by atoms with van der Waals surface area (Å²) in [6.45, 7) is 0.697. The number of amides is 2. The number of carbonyl (C=O) groups excluding carboxylic acids is 1. The molecule has 1 aromatic heterocycles. The average Bonchev–Trinajstić information content (AvgIpc) is 3.31. The van der Waals surface area contributed by atoms with Crippen LogP contribution in [-0.2, 0) is 6.54 Å². The van der Waals surface area contributed by atoms with Crippen LogP contribution in [0.25, 0.3) is 11.3 Å². The summed E-state index contributed by atoms with van der Waals surface area (Å²) in [7, 11) is 1.74. The Morgan fingerprint density at radius 1 is 1.19 bits per heavy atom. The molecule has 26 heavy (non-hydrogen) atoms. The van der Waals surface area contributed by atoms with E-state index >= 15 is 0 Å². The SMILES string of the molecule is CN(Cc1ccc2c(c1)OCO2)C(=O)Nc1nc(-c2ccccc2)cs1. The summed E-state index contributed by atoms with van der Waals surface area (Å²) in [5, 5.41) is 5.35. The van der Waals surface area contributed by atoms with E-state index in [-0.39, 0.29) is 12.8 Å². The van der Waals surface area contributed by atoms with Crippen molar-refractivity contribution in [1.82, 2.24) is 9.88 Å². The molecular weight excluding hydrogens is 350 g/mol. The molecule has 0 atom stereocenters. The fraction of sp³-hybridized carbons (Fsp3) is 0.158. The number of benzene rings is 2. The van der Waals surface area contributed by atoms with Gasteiger partial charge in [-0.1, -0.05) is 36.4 Å². The van der Waals surface area contributed by atoms with Gasteiger partial charge in [0.2, 0.25) is 6.79 Å². The highest BCUT2D eigenvalue weighted by molar-refractivity contribution is 7.14. The van der Waals surface area contributed by atoms with Gasteiger partial charge in [0.25, 0.3) is 0 Å². The van der Waals surface area contributed by atoms with Gasteiger partial charge in [0.15, 0.2) is 16.6 Å². The highest BCUT2D eigenvalue weighted by atomic mass is 32.1. The molecule has 2 heterocycles. The van der Waals surface area contributed by atoms with Gasteiger partial charge in [-0.3, -0.25) is 5.32 Å². The van der Waals surface area contributed by atoms with Gasteiger partial charge in [0, 0.05) is 24.5 Å². The second-order valence-corrected chi connectivity index (χ2v) is 6.74. The summed E-state index contributed by atoms with van der Waals surface area (Å²) in [5.74, 6) is 1.45. The predicted octanol–water partition coefficient (Wildman–Crippen LogP) is 4.20. The smallest absolute Gasteiger partial charge is 0.323 e. The summed E-state index contributed by atoms with van der Waals surface area (Å²) in [4.78, 5) is 18.5. The van der Waals surface area contributed by atoms with E-state index in [4.69, 9.17) is 9.47 Å². The van der Waals surface area contributed by atoms with Crippen molar-refractivity contribution in [3.05, 3.63) is 59.5 Å². The van der Waals surface area contributed by atoms with Crippen LogP contribution >= 0.6 is 11.3 Å². The van der Waals surface area contributed by atoms with Crippen molar-refractivity contribution in [2.75, 3.05) is 19.2 Å². The minimum absolute atomic E-state index is 0.211. The maximum Gasteiger partial charge on any atom is 0.323 e. The van der Waals surface area contributed by atoms with Crippen molar-refractivity contribution in [1.29, 1.82) is 0 Å². The molecule has 0 aliphatic carbocycles. The lowest BCUT2D eigenvalue weighted by molar-refractivity contribution is 0.174. The Kier molecular flexibility index (Phi) is 4.45. The molecule has 7 heteroatoms. The largest absolute Gasteiger partial charge is 0.454 e. The molecule has 0 fully saturated rings. The number of rotatable bonds is 4. The number of carbonyl (C=O) groups is 1. The Morgan fingerprint density at radius 3 is 2.85 bits per heavy atom. The average molecular weight is 367 g/mol. The number of ether oxygens (including phenoxy) is 2. The first-order valence-electron chi connectivity index (χ1n) is 8.10. The van der Waals surface area contributed by atoms with Crippen LogP contribution in [0.1, 0.15) is 5.56 Å². The van der Waals surface area contributed by atoms with Gasteiger partial charge < -0.3 is 14.4 Å². The maximum absolute atomic E-state index is 12.4. The molecule has 1 aliphatic heterocycles. The van der Waals surface area contributed by atoms with Crippen molar-refractivity contribution in [2.45, 2.75) is 6.54 Å². The van der Waals surface area contributed by atoms with Gasteiger partial charge >= 0.3 is 6.03 Å². The molecule has 0 saturated heterocycles. The van der Waals surface area contributed by atoms with Gasteiger partial charge in [-0.2, -0.15) is 0 Å². The van der Waals surface area contributed by atoms with Gasteiger partial charge in [0.05, 0.1) is 5.69 Å². The van der Waals surface area contributed by atoms with Crippen LogP contribution in [0.15, 0.2) is 53.9 Å². The van der Waals surface area contributed by atoms with E-state index < -0.39 is 0 Å². The summed E-state index contributed by atoms with van der Waals surface area (Å²) in [6.07, 6.45) is 0. The zero-order valence-corrected chi connectivity index (χ0v) is 15.0. The molecule has 132 valence electrons. The van der Waals surface area contributed by atoms with Crippen LogP contribution in [-0.4, -0.2) is 29.8 Å². The molecule has 0 unspecified atom stereocenters. The van der Waals surface area contributed by atoms with E-state index in [0.717, 1.165) is 22.6 Å². The molecular formula is C19H17N3O3S. The van der Waals surface area contributed by atoms with E-state index in [0.29, 0.717) is 17.4 Å². The van der Waals surface area contributed by atoms with E-state index in [2.05, 4.69) is 10.3 Å². The van der Waals surface area contributed by atoms with E-state index in [1.165, 1.54) is 11.3 Å². The lowest BCUT2D eigenvalue weighted by Gasteiger charge is -2.17. The summed E-state index contributed by atoms with van der Waals surface area (Å²) in [6, 6.07) is 15.3. The molecule has 3 aromatic rings. The monoisotopic (exact) mass is 367 g/mol. The second-order valence-electron chi connectivity index (χ2n) is 5.88. The molecule has 0 spiro atoms. The summed E-state index contributed by atoms with van der Waals surface area (Å²) in [5.41, 5.74) is 2.85. The Morgan fingerprint density at radius 2 is 2.00 bits per heavy atom. The van der Waals surface area contributed by atoms with E-state index in [9.17, 15) is 4.79 Å². The van der Waals surface area contributed by atoms with Crippen molar-refractivity contribution < 1.29 is 14.3 Å². The highest BCUT2D eigenvalue weighted by Gasteiger charge is 2.16. The molecule has 0 saturated carbocycles. The molecule has 0 bridgehead atoms. The first kappa shape index (κ1) is 16.4. The van der Waals surface area contributed by atoms with Crippen LogP contribution in [0.2, 0.25) is 0 Å². The third kappa shape index (κ3) is 3.48.